The summed E-state index contributed by atoms with van der Waals surface area (Å²) in [6, 6.07) is 7.26. The van der Waals surface area contributed by atoms with Gasteiger partial charge in [-0.3, -0.25) is 9.36 Å². The maximum atomic E-state index is 12.4. The number of fused-ring (bicyclic) bond motifs is 1. The van der Waals surface area contributed by atoms with Gasteiger partial charge in [-0.15, -0.1) is 0 Å². The molecule has 0 atom stereocenters. The monoisotopic (exact) mass is 284 g/mol. The van der Waals surface area contributed by atoms with Crippen LogP contribution in [0, 0.1) is 5.92 Å². The van der Waals surface area contributed by atoms with Gasteiger partial charge in [-0.2, -0.15) is 4.98 Å². The lowest BCUT2D eigenvalue weighted by molar-refractivity contribution is 0.362. The fourth-order valence-corrected chi connectivity index (χ4v) is 2.17. The van der Waals surface area contributed by atoms with Gasteiger partial charge in [-0.1, -0.05) is 31.1 Å². The van der Waals surface area contributed by atoms with Gasteiger partial charge in [0.1, 0.15) is 6.54 Å². The van der Waals surface area contributed by atoms with Gasteiger partial charge in [-0.25, -0.2) is 4.98 Å². The molecular weight excluding hydrogens is 268 g/mol. The van der Waals surface area contributed by atoms with Crippen molar-refractivity contribution in [3.05, 3.63) is 52.7 Å². The molecule has 108 valence electrons. The van der Waals surface area contributed by atoms with Crippen molar-refractivity contribution in [3.63, 3.8) is 0 Å². The van der Waals surface area contributed by atoms with Crippen LogP contribution in [0.1, 0.15) is 25.6 Å². The molecule has 0 aliphatic heterocycles. The summed E-state index contributed by atoms with van der Waals surface area (Å²) >= 11 is 0. The van der Waals surface area contributed by atoms with E-state index in [1.807, 2.05) is 18.2 Å². The lowest BCUT2D eigenvalue weighted by Crippen LogP contribution is -2.21. The first-order chi connectivity index (χ1) is 10.1. The molecule has 2 heterocycles. The Bertz CT molecular complexity index is 820. The predicted octanol–water partition coefficient (Wildman–Crippen LogP) is 2.03. The number of rotatable bonds is 4. The maximum absolute atomic E-state index is 12.4. The number of hydrogen-bond donors (Lipinski definition) is 0. The summed E-state index contributed by atoms with van der Waals surface area (Å²) in [5.74, 6) is 1.55. The van der Waals surface area contributed by atoms with E-state index in [4.69, 9.17) is 4.52 Å². The molecule has 0 aliphatic rings. The highest BCUT2D eigenvalue weighted by Gasteiger charge is 2.10. The van der Waals surface area contributed by atoms with Gasteiger partial charge in [0, 0.05) is 6.42 Å². The smallest absolute Gasteiger partial charge is 0.261 e. The van der Waals surface area contributed by atoms with Crippen molar-refractivity contribution in [1.29, 1.82) is 0 Å². The molecule has 0 amide bonds. The van der Waals surface area contributed by atoms with E-state index in [9.17, 15) is 4.79 Å². The second-order valence-corrected chi connectivity index (χ2v) is 5.40. The predicted molar refractivity (Wildman–Crippen MR) is 77.9 cm³/mol. The van der Waals surface area contributed by atoms with Gasteiger partial charge < -0.3 is 4.52 Å². The third kappa shape index (κ3) is 2.84. The van der Waals surface area contributed by atoms with Crippen LogP contribution >= 0.6 is 0 Å². The van der Waals surface area contributed by atoms with Crippen molar-refractivity contribution in [1.82, 2.24) is 19.7 Å². The Hall–Kier alpha value is -2.50. The van der Waals surface area contributed by atoms with E-state index < -0.39 is 0 Å². The van der Waals surface area contributed by atoms with E-state index in [2.05, 4.69) is 29.0 Å². The van der Waals surface area contributed by atoms with Crippen LogP contribution in [-0.2, 0) is 13.0 Å². The molecule has 2 aromatic heterocycles. The van der Waals surface area contributed by atoms with E-state index >= 15 is 0 Å². The average Bonchev–Trinajstić information content (AvgIpc) is 2.89. The van der Waals surface area contributed by atoms with Crippen molar-refractivity contribution >= 4 is 10.9 Å². The summed E-state index contributed by atoms with van der Waals surface area (Å²) in [5, 5.41) is 4.51. The molecule has 6 nitrogen and oxygen atoms in total. The number of aromatic nitrogens is 4. The van der Waals surface area contributed by atoms with Crippen LogP contribution in [0.2, 0.25) is 0 Å². The highest BCUT2D eigenvalue weighted by molar-refractivity contribution is 5.76. The Labute approximate surface area is 121 Å². The van der Waals surface area contributed by atoms with Crippen molar-refractivity contribution in [2.24, 2.45) is 5.92 Å². The average molecular weight is 284 g/mol. The van der Waals surface area contributed by atoms with Crippen LogP contribution in [-0.4, -0.2) is 19.7 Å². The Kier molecular flexibility index (Phi) is 3.51. The third-order valence-electron chi connectivity index (χ3n) is 3.14. The molecule has 0 radical (unpaired) electrons. The molecule has 0 spiro atoms. The first-order valence-electron chi connectivity index (χ1n) is 6.89. The number of nitrogens with zero attached hydrogens (tertiary/aromatic N) is 4. The molecule has 3 rings (SSSR count). The van der Waals surface area contributed by atoms with Crippen LogP contribution in [0.25, 0.3) is 10.9 Å². The largest absolute Gasteiger partial charge is 0.337 e. The van der Waals surface area contributed by atoms with Crippen LogP contribution in [0.3, 0.4) is 0 Å². The van der Waals surface area contributed by atoms with E-state index in [1.54, 1.807) is 6.07 Å². The zero-order chi connectivity index (χ0) is 14.8. The number of benzene rings is 1. The molecule has 6 heteroatoms. The van der Waals surface area contributed by atoms with E-state index in [1.165, 1.54) is 10.9 Å². The maximum Gasteiger partial charge on any atom is 0.261 e. The molecule has 0 fully saturated rings. The molecule has 0 unspecified atom stereocenters. The van der Waals surface area contributed by atoms with Gasteiger partial charge >= 0.3 is 0 Å². The topological polar surface area (TPSA) is 73.8 Å². The Morgan fingerprint density at radius 2 is 2.10 bits per heavy atom. The van der Waals surface area contributed by atoms with E-state index in [0.29, 0.717) is 28.5 Å². The minimum Gasteiger partial charge on any atom is -0.337 e. The summed E-state index contributed by atoms with van der Waals surface area (Å²) in [5.41, 5.74) is 0.578. The molecule has 1 aromatic carbocycles. The second kappa shape index (κ2) is 5.47. The SMILES string of the molecule is CC(C)Cc1noc(Cn2cnc3ccccc3c2=O)n1. The lowest BCUT2D eigenvalue weighted by Gasteiger charge is -2.03. The van der Waals surface area contributed by atoms with Gasteiger partial charge in [0.05, 0.1) is 17.2 Å². The molecule has 0 aliphatic carbocycles. The summed E-state index contributed by atoms with van der Waals surface area (Å²) in [6.45, 7) is 4.42. The fraction of sp³-hybridized carbons (Fsp3) is 0.333. The van der Waals surface area contributed by atoms with Crippen LogP contribution < -0.4 is 5.56 Å². The minimum atomic E-state index is -0.107. The van der Waals surface area contributed by atoms with Gasteiger partial charge in [0.2, 0.25) is 5.89 Å². The fourth-order valence-electron chi connectivity index (χ4n) is 2.17. The quantitative estimate of drug-likeness (QED) is 0.733. The lowest BCUT2D eigenvalue weighted by atomic mass is 10.1. The van der Waals surface area contributed by atoms with Gasteiger partial charge in [0.25, 0.3) is 5.56 Å². The van der Waals surface area contributed by atoms with Crippen molar-refractivity contribution < 1.29 is 4.52 Å². The van der Waals surface area contributed by atoms with Gasteiger partial charge in [0.15, 0.2) is 5.82 Å². The van der Waals surface area contributed by atoms with Crippen LogP contribution in [0.4, 0.5) is 0 Å². The molecule has 0 saturated carbocycles. The molecular formula is C15H16N4O2. The van der Waals surface area contributed by atoms with Crippen molar-refractivity contribution in [2.75, 3.05) is 0 Å². The van der Waals surface area contributed by atoms with Crippen LogP contribution in [0.15, 0.2) is 39.9 Å². The standard InChI is InChI=1S/C15H16N4O2/c1-10(2)7-13-17-14(21-18-13)8-19-9-16-12-6-4-3-5-11(12)15(19)20/h3-6,9-10H,7-8H2,1-2H3. The highest BCUT2D eigenvalue weighted by atomic mass is 16.5. The van der Waals surface area contributed by atoms with Crippen LogP contribution in [0.5, 0.6) is 0 Å². The summed E-state index contributed by atoms with van der Waals surface area (Å²) in [6.07, 6.45) is 2.27. The normalized spacial score (nSPS) is 11.4. The Balaban J connectivity index is 1.89. The Morgan fingerprint density at radius 3 is 2.90 bits per heavy atom. The van der Waals surface area contributed by atoms with E-state index in [-0.39, 0.29) is 12.1 Å². The number of hydrogen-bond acceptors (Lipinski definition) is 5. The Morgan fingerprint density at radius 1 is 1.29 bits per heavy atom. The number of para-hydroxylation sites is 1. The molecule has 0 saturated heterocycles. The molecule has 0 N–H and O–H groups in total. The molecule has 21 heavy (non-hydrogen) atoms. The van der Waals surface area contributed by atoms with Crippen molar-refractivity contribution in [2.45, 2.75) is 26.8 Å². The minimum absolute atomic E-state index is 0.107. The zero-order valence-corrected chi connectivity index (χ0v) is 12.0. The summed E-state index contributed by atoms with van der Waals surface area (Å²) in [7, 11) is 0. The first kappa shape index (κ1) is 13.5. The van der Waals surface area contributed by atoms with E-state index in [0.717, 1.165) is 6.42 Å². The van der Waals surface area contributed by atoms with Crippen molar-refractivity contribution in [3.8, 4) is 0 Å². The first-order valence-corrected chi connectivity index (χ1v) is 6.89. The zero-order valence-electron chi connectivity index (χ0n) is 12.0. The second-order valence-electron chi connectivity index (χ2n) is 5.40. The molecule has 3 aromatic rings. The molecule has 0 bridgehead atoms. The van der Waals surface area contributed by atoms with Gasteiger partial charge in [-0.05, 0) is 18.1 Å². The highest BCUT2D eigenvalue weighted by Crippen LogP contribution is 2.07. The summed E-state index contributed by atoms with van der Waals surface area (Å²) in [4.78, 5) is 20.9. The third-order valence-corrected chi connectivity index (χ3v) is 3.14. The summed E-state index contributed by atoms with van der Waals surface area (Å²) < 4.78 is 6.67.